The fourth-order valence-electron chi connectivity index (χ4n) is 3.56. The molecule has 0 heterocycles. The summed E-state index contributed by atoms with van der Waals surface area (Å²) in [6.45, 7) is 7.83. The molecule has 0 radical (unpaired) electrons. The Hall–Kier alpha value is -4.02. The van der Waals surface area contributed by atoms with Crippen LogP contribution in [0, 0.1) is 0 Å². The van der Waals surface area contributed by atoms with Gasteiger partial charge in [0.2, 0.25) is 0 Å². The fourth-order valence-corrected chi connectivity index (χ4v) is 3.56. The van der Waals surface area contributed by atoms with Crippen molar-refractivity contribution in [1.82, 2.24) is 0 Å². The van der Waals surface area contributed by atoms with Crippen molar-refractivity contribution < 1.29 is 19.4 Å². The normalized spacial score (nSPS) is 10.9. The highest BCUT2D eigenvalue weighted by molar-refractivity contribution is 6.09. The number of benzene rings is 4. The third kappa shape index (κ3) is 7.99. The van der Waals surface area contributed by atoms with E-state index in [0.29, 0.717) is 22.8 Å². The van der Waals surface area contributed by atoms with E-state index in [2.05, 4.69) is 13.8 Å². The SMILES string of the molecule is CC(C)(CO)Oc1ccc(C(=O)c2ccccc2)cc1.CC(C)c1ccc(C(=O)c2ccccc2)cc1. The van der Waals surface area contributed by atoms with Gasteiger partial charge in [0.05, 0.1) is 6.61 Å². The van der Waals surface area contributed by atoms with Crippen molar-refractivity contribution in [3.8, 4) is 5.75 Å². The third-order valence-electron chi connectivity index (χ3n) is 5.80. The van der Waals surface area contributed by atoms with Crippen molar-refractivity contribution in [1.29, 1.82) is 0 Å². The summed E-state index contributed by atoms with van der Waals surface area (Å²) < 4.78 is 5.63. The zero-order chi connectivity index (χ0) is 26.8. The number of aliphatic hydroxyl groups is 1. The van der Waals surface area contributed by atoms with Crippen LogP contribution >= 0.6 is 0 Å². The van der Waals surface area contributed by atoms with Crippen LogP contribution in [0.5, 0.6) is 5.75 Å². The molecular weight excluding hydrogens is 460 g/mol. The van der Waals surface area contributed by atoms with Gasteiger partial charge in [0, 0.05) is 22.3 Å². The quantitative estimate of drug-likeness (QED) is 0.265. The number of carbonyl (C=O) groups is 2. The van der Waals surface area contributed by atoms with Gasteiger partial charge >= 0.3 is 0 Å². The molecule has 4 nitrogen and oxygen atoms in total. The molecular formula is C33H34O4. The Labute approximate surface area is 219 Å². The minimum absolute atomic E-state index is 0.0152. The Morgan fingerprint density at radius 3 is 1.41 bits per heavy atom. The minimum Gasteiger partial charge on any atom is -0.485 e. The summed E-state index contributed by atoms with van der Waals surface area (Å²) in [4.78, 5) is 24.3. The number of rotatable bonds is 8. The van der Waals surface area contributed by atoms with E-state index in [1.54, 1.807) is 50.2 Å². The smallest absolute Gasteiger partial charge is 0.193 e. The molecule has 4 heteroatoms. The molecule has 0 aliphatic carbocycles. The second kappa shape index (κ2) is 12.8. The van der Waals surface area contributed by atoms with Crippen molar-refractivity contribution in [2.75, 3.05) is 6.61 Å². The van der Waals surface area contributed by atoms with E-state index in [4.69, 9.17) is 9.84 Å². The first kappa shape index (κ1) is 27.6. The van der Waals surface area contributed by atoms with Gasteiger partial charge in [-0.15, -0.1) is 0 Å². The summed E-state index contributed by atoms with van der Waals surface area (Å²) in [5.74, 6) is 1.20. The molecule has 1 N–H and O–H groups in total. The molecule has 0 aliphatic heterocycles. The molecule has 0 saturated heterocycles. The number of hydrogen-bond donors (Lipinski definition) is 1. The van der Waals surface area contributed by atoms with Crippen LogP contribution in [0.1, 0.15) is 71.0 Å². The van der Waals surface area contributed by atoms with Gasteiger partial charge in [0.25, 0.3) is 0 Å². The van der Waals surface area contributed by atoms with Crippen LogP contribution in [-0.2, 0) is 0 Å². The molecule has 0 bridgehead atoms. The summed E-state index contributed by atoms with van der Waals surface area (Å²) in [5.41, 5.74) is 3.40. The molecule has 4 rings (SSSR count). The van der Waals surface area contributed by atoms with Crippen molar-refractivity contribution in [2.24, 2.45) is 0 Å². The van der Waals surface area contributed by atoms with Crippen LogP contribution in [0.15, 0.2) is 109 Å². The first-order valence-corrected chi connectivity index (χ1v) is 12.4. The Bertz CT molecular complexity index is 1270. The zero-order valence-corrected chi connectivity index (χ0v) is 21.8. The molecule has 0 unspecified atom stereocenters. The van der Waals surface area contributed by atoms with Gasteiger partial charge in [-0.2, -0.15) is 0 Å². The molecule has 0 fully saturated rings. The van der Waals surface area contributed by atoms with Crippen LogP contribution in [0.2, 0.25) is 0 Å². The lowest BCUT2D eigenvalue weighted by Crippen LogP contribution is -2.32. The summed E-state index contributed by atoms with van der Waals surface area (Å²) in [6.07, 6.45) is 0. The molecule has 4 aromatic carbocycles. The maximum atomic E-state index is 12.2. The largest absolute Gasteiger partial charge is 0.485 e. The van der Waals surface area contributed by atoms with E-state index in [1.165, 1.54) is 5.56 Å². The second-order valence-electron chi connectivity index (χ2n) is 9.71. The van der Waals surface area contributed by atoms with E-state index in [9.17, 15) is 9.59 Å². The van der Waals surface area contributed by atoms with E-state index < -0.39 is 5.60 Å². The average molecular weight is 495 g/mol. The van der Waals surface area contributed by atoms with E-state index >= 15 is 0 Å². The van der Waals surface area contributed by atoms with Crippen LogP contribution in [0.25, 0.3) is 0 Å². The van der Waals surface area contributed by atoms with Gasteiger partial charge in [-0.25, -0.2) is 0 Å². The van der Waals surface area contributed by atoms with Gasteiger partial charge in [-0.3, -0.25) is 9.59 Å². The minimum atomic E-state index is -0.634. The maximum Gasteiger partial charge on any atom is 0.193 e. The second-order valence-corrected chi connectivity index (χ2v) is 9.71. The molecule has 0 atom stereocenters. The highest BCUT2D eigenvalue weighted by Crippen LogP contribution is 2.20. The number of ketones is 2. The monoisotopic (exact) mass is 494 g/mol. The summed E-state index contributed by atoms with van der Waals surface area (Å²) >= 11 is 0. The molecule has 4 aromatic rings. The predicted molar refractivity (Wildman–Crippen MR) is 149 cm³/mol. The van der Waals surface area contributed by atoms with Gasteiger partial charge in [0.15, 0.2) is 11.6 Å². The predicted octanol–water partition coefficient (Wildman–Crippen LogP) is 7.11. The van der Waals surface area contributed by atoms with Gasteiger partial charge in [-0.05, 0) is 49.6 Å². The molecule has 0 spiro atoms. The molecule has 0 aromatic heterocycles. The molecule has 0 amide bonds. The number of aliphatic hydroxyl groups excluding tert-OH is 1. The first-order valence-electron chi connectivity index (χ1n) is 12.4. The first-order chi connectivity index (χ1) is 17.7. The van der Waals surface area contributed by atoms with Crippen LogP contribution < -0.4 is 4.74 Å². The van der Waals surface area contributed by atoms with E-state index in [0.717, 1.165) is 11.1 Å². The third-order valence-corrected chi connectivity index (χ3v) is 5.80. The van der Waals surface area contributed by atoms with Gasteiger partial charge in [-0.1, -0.05) is 98.8 Å². The fraction of sp³-hybridized carbons (Fsp3) is 0.212. The summed E-state index contributed by atoms with van der Waals surface area (Å²) in [5, 5.41) is 9.17. The number of carbonyl (C=O) groups excluding carboxylic acids is 2. The molecule has 0 saturated carbocycles. The Kier molecular flexibility index (Phi) is 9.53. The summed E-state index contributed by atoms with van der Waals surface area (Å²) in [6, 6.07) is 33.4. The molecule has 0 aliphatic rings. The molecule has 190 valence electrons. The standard InChI is InChI=1S/C17H18O3.C16H16O/c1-17(2,12-18)20-15-10-8-14(9-11-15)16(19)13-6-4-3-5-7-13;1-12(2)13-8-10-15(11-9-13)16(17)14-6-4-3-5-7-14/h3-11,18H,12H2,1-2H3;3-12H,1-2H3. The zero-order valence-electron chi connectivity index (χ0n) is 21.8. The van der Waals surface area contributed by atoms with Crippen LogP contribution in [0.4, 0.5) is 0 Å². The van der Waals surface area contributed by atoms with Crippen molar-refractivity contribution in [2.45, 2.75) is 39.2 Å². The Balaban J connectivity index is 0.000000208. The lowest BCUT2D eigenvalue weighted by molar-refractivity contribution is 0.0412. The van der Waals surface area contributed by atoms with Crippen molar-refractivity contribution in [3.05, 3.63) is 137 Å². The van der Waals surface area contributed by atoms with Gasteiger partial charge in [0.1, 0.15) is 11.4 Å². The summed E-state index contributed by atoms with van der Waals surface area (Å²) in [7, 11) is 0. The Morgan fingerprint density at radius 2 is 1.03 bits per heavy atom. The van der Waals surface area contributed by atoms with Crippen molar-refractivity contribution >= 4 is 11.6 Å². The lowest BCUT2D eigenvalue weighted by Gasteiger charge is -2.23. The van der Waals surface area contributed by atoms with Crippen LogP contribution in [-0.4, -0.2) is 28.9 Å². The molecule has 37 heavy (non-hydrogen) atoms. The van der Waals surface area contributed by atoms with Crippen LogP contribution in [0.3, 0.4) is 0 Å². The number of ether oxygens (including phenoxy) is 1. The highest BCUT2D eigenvalue weighted by atomic mass is 16.5. The lowest BCUT2D eigenvalue weighted by atomic mass is 9.98. The topological polar surface area (TPSA) is 63.6 Å². The number of hydrogen-bond acceptors (Lipinski definition) is 4. The van der Waals surface area contributed by atoms with Gasteiger partial charge < -0.3 is 9.84 Å². The van der Waals surface area contributed by atoms with Crippen molar-refractivity contribution in [3.63, 3.8) is 0 Å². The van der Waals surface area contributed by atoms with E-state index in [1.807, 2.05) is 72.8 Å². The average Bonchev–Trinajstić information content (AvgIpc) is 2.94. The maximum absolute atomic E-state index is 12.2. The van der Waals surface area contributed by atoms with E-state index in [-0.39, 0.29) is 18.2 Å². The Morgan fingerprint density at radius 1 is 0.649 bits per heavy atom. The highest BCUT2D eigenvalue weighted by Gasteiger charge is 2.18.